The zero-order valence-electron chi connectivity index (χ0n) is 22.1. The van der Waals surface area contributed by atoms with Crippen LogP contribution in [0, 0.1) is 0 Å². The Morgan fingerprint density at radius 3 is 2.74 bits per heavy atom. The van der Waals surface area contributed by atoms with E-state index in [2.05, 4.69) is 62.1 Å². The molecule has 0 spiro atoms. The fourth-order valence-corrected chi connectivity index (χ4v) is 4.67. The number of carbonyl (C=O) groups excluding carboxylic acids is 1. The van der Waals surface area contributed by atoms with Gasteiger partial charge in [0.1, 0.15) is 17.9 Å². The van der Waals surface area contributed by atoms with Gasteiger partial charge in [-0.2, -0.15) is 5.10 Å². The lowest BCUT2D eigenvalue weighted by Gasteiger charge is -2.39. The molecule has 0 radical (unpaired) electrons. The summed E-state index contributed by atoms with van der Waals surface area (Å²) in [4.78, 5) is 25.8. The second-order valence-corrected chi connectivity index (χ2v) is 9.49. The number of amides is 1. The van der Waals surface area contributed by atoms with E-state index in [4.69, 9.17) is 4.74 Å². The molecule has 1 amide bonds. The number of nitrogens with one attached hydrogen (secondary N) is 2. The number of rotatable bonds is 7. The first-order chi connectivity index (χ1) is 18.4. The standard InChI is InChI=1S/C28H32N8O2/c1-6-28(37)33-22-12-23(26(38-5)14-25(22)36-10-9-34(3)18(2)16-36)32-27-13-21(29-17-30-27)19-7-8-20-15-31-35(4)24(20)11-19/h6-8,11-15,17-18H,1,9-10,16H2,2-5H3,(H,33,37)(H,29,30,32). The van der Waals surface area contributed by atoms with E-state index >= 15 is 0 Å². The molecule has 196 valence electrons. The quantitative estimate of drug-likeness (QED) is 0.358. The van der Waals surface area contributed by atoms with Crippen molar-refractivity contribution in [1.29, 1.82) is 0 Å². The van der Waals surface area contributed by atoms with E-state index in [9.17, 15) is 4.79 Å². The van der Waals surface area contributed by atoms with Gasteiger partial charge in [0.2, 0.25) is 5.91 Å². The number of methoxy groups -OCH3 is 1. The molecule has 1 aliphatic rings. The van der Waals surface area contributed by atoms with Crippen LogP contribution in [0.3, 0.4) is 0 Å². The fraction of sp³-hybridized carbons (Fsp3) is 0.286. The fourth-order valence-electron chi connectivity index (χ4n) is 4.67. The maximum absolute atomic E-state index is 12.3. The number of benzene rings is 2. The molecule has 0 saturated carbocycles. The predicted octanol–water partition coefficient (Wildman–Crippen LogP) is 4.05. The zero-order valence-corrected chi connectivity index (χ0v) is 22.1. The first-order valence-corrected chi connectivity index (χ1v) is 12.5. The second kappa shape index (κ2) is 10.5. The summed E-state index contributed by atoms with van der Waals surface area (Å²) in [6, 6.07) is 12.2. The SMILES string of the molecule is C=CC(=O)Nc1cc(Nc2cc(-c3ccc4cnn(C)c4c3)ncn2)c(OC)cc1N1CCN(C)C(C)C1. The normalized spacial score (nSPS) is 15.9. The number of carbonyl (C=O) groups is 1. The van der Waals surface area contributed by atoms with Crippen molar-refractivity contribution in [3.8, 4) is 17.0 Å². The Hall–Kier alpha value is -4.44. The van der Waals surface area contributed by atoms with E-state index in [1.54, 1.807) is 7.11 Å². The van der Waals surface area contributed by atoms with Crippen molar-refractivity contribution in [2.75, 3.05) is 49.3 Å². The van der Waals surface area contributed by atoms with Crippen LogP contribution in [0.2, 0.25) is 0 Å². The molecular weight excluding hydrogens is 480 g/mol. The molecule has 1 unspecified atom stereocenters. The molecule has 2 aromatic heterocycles. The van der Waals surface area contributed by atoms with Crippen LogP contribution in [0.1, 0.15) is 6.92 Å². The van der Waals surface area contributed by atoms with Gasteiger partial charge >= 0.3 is 0 Å². The average molecular weight is 513 g/mol. The van der Waals surface area contributed by atoms with Crippen LogP contribution in [-0.2, 0) is 11.8 Å². The summed E-state index contributed by atoms with van der Waals surface area (Å²) < 4.78 is 7.60. The highest BCUT2D eigenvalue weighted by molar-refractivity contribution is 6.02. The molecule has 2 N–H and O–H groups in total. The topological polar surface area (TPSA) is 100 Å². The summed E-state index contributed by atoms with van der Waals surface area (Å²) in [5.41, 5.74) is 4.99. The second-order valence-electron chi connectivity index (χ2n) is 9.49. The van der Waals surface area contributed by atoms with Crippen molar-refractivity contribution >= 4 is 39.7 Å². The Labute approximate surface area is 221 Å². The number of anilines is 4. The molecule has 5 rings (SSSR count). The predicted molar refractivity (Wildman–Crippen MR) is 151 cm³/mol. The number of ether oxygens (including phenoxy) is 1. The third kappa shape index (κ3) is 5.03. The summed E-state index contributed by atoms with van der Waals surface area (Å²) >= 11 is 0. The monoisotopic (exact) mass is 512 g/mol. The third-order valence-electron chi connectivity index (χ3n) is 7.04. The summed E-state index contributed by atoms with van der Waals surface area (Å²) in [7, 11) is 5.68. The van der Waals surface area contributed by atoms with Crippen LogP contribution in [0.4, 0.5) is 22.9 Å². The first-order valence-electron chi connectivity index (χ1n) is 12.5. The van der Waals surface area contributed by atoms with Gasteiger partial charge in [0, 0.05) is 55.8 Å². The van der Waals surface area contributed by atoms with E-state index in [1.165, 1.54) is 12.4 Å². The van der Waals surface area contributed by atoms with Gasteiger partial charge in [-0.3, -0.25) is 9.48 Å². The van der Waals surface area contributed by atoms with Crippen molar-refractivity contribution in [1.82, 2.24) is 24.6 Å². The summed E-state index contributed by atoms with van der Waals surface area (Å²) in [6.07, 6.45) is 4.63. The number of hydrogen-bond acceptors (Lipinski definition) is 8. The minimum atomic E-state index is -0.278. The van der Waals surface area contributed by atoms with E-state index in [-0.39, 0.29) is 5.91 Å². The van der Waals surface area contributed by atoms with Crippen LogP contribution in [-0.4, -0.2) is 70.4 Å². The van der Waals surface area contributed by atoms with Gasteiger partial charge in [0.15, 0.2) is 0 Å². The summed E-state index contributed by atoms with van der Waals surface area (Å²) in [6.45, 7) is 8.40. The molecule has 0 bridgehead atoms. The lowest BCUT2D eigenvalue weighted by atomic mass is 10.1. The highest BCUT2D eigenvalue weighted by Gasteiger charge is 2.24. The van der Waals surface area contributed by atoms with Crippen LogP contribution >= 0.6 is 0 Å². The van der Waals surface area contributed by atoms with Gasteiger partial charge in [-0.05, 0) is 32.2 Å². The molecule has 1 saturated heterocycles. The Morgan fingerprint density at radius 1 is 1.13 bits per heavy atom. The maximum atomic E-state index is 12.3. The first kappa shape index (κ1) is 25.2. The summed E-state index contributed by atoms with van der Waals surface area (Å²) in [5, 5.41) is 11.7. The molecule has 1 fully saturated rings. The Kier molecular flexibility index (Phi) is 6.97. The van der Waals surface area contributed by atoms with Crippen molar-refractivity contribution < 1.29 is 9.53 Å². The van der Waals surface area contributed by atoms with Gasteiger partial charge in [-0.15, -0.1) is 0 Å². The van der Waals surface area contributed by atoms with Gasteiger partial charge in [0.05, 0.1) is 41.6 Å². The number of aryl methyl sites for hydroxylation is 1. The van der Waals surface area contributed by atoms with Crippen molar-refractivity contribution in [3.05, 3.63) is 61.6 Å². The third-order valence-corrected chi connectivity index (χ3v) is 7.04. The number of hydrogen-bond donors (Lipinski definition) is 2. The van der Waals surface area contributed by atoms with E-state index in [0.29, 0.717) is 29.0 Å². The van der Waals surface area contributed by atoms with E-state index in [1.807, 2.05) is 48.3 Å². The lowest BCUT2D eigenvalue weighted by molar-refractivity contribution is -0.111. The van der Waals surface area contributed by atoms with Crippen molar-refractivity contribution in [2.24, 2.45) is 7.05 Å². The number of piperazine rings is 1. The van der Waals surface area contributed by atoms with Gasteiger partial charge in [-0.1, -0.05) is 18.7 Å². The molecule has 10 heteroatoms. The van der Waals surface area contributed by atoms with Gasteiger partial charge in [-0.25, -0.2) is 9.97 Å². The molecule has 0 aliphatic carbocycles. The molecule has 38 heavy (non-hydrogen) atoms. The minimum Gasteiger partial charge on any atom is -0.494 e. The Bertz CT molecular complexity index is 1500. The van der Waals surface area contributed by atoms with E-state index < -0.39 is 0 Å². The largest absolute Gasteiger partial charge is 0.494 e. The molecule has 2 aromatic carbocycles. The Morgan fingerprint density at radius 2 is 1.97 bits per heavy atom. The molecule has 1 atom stereocenters. The van der Waals surface area contributed by atoms with Crippen molar-refractivity contribution in [2.45, 2.75) is 13.0 Å². The number of aromatic nitrogens is 4. The number of fused-ring (bicyclic) bond motifs is 1. The van der Waals surface area contributed by atoms with Crippen LogP contribution in [0.25, 0.3) is 22.2 Å². The zero-order chi connectivity index (χ0) is 26.8. The van der Waals surface area contributed by atoms with Crippen LogP contribution in [0.5, 0.6) is 5.75 Å². The van der Waals surface area contributed by atoms with Crippen LogP contribution < -0.4 is 20.3 Å². The Balaban J connectivity index is 1.49. The highest BCUT2D eigenvalue weighted by Crippen LogP contribution is 2.39. The molecule has 4 aromatic rings. The molecule has 3 heterocycles. The molecule has 10 nitrogen and oxygen atoms in total. The smallest absolute Gasteiger partial charge is 0.247 e. The number of likely N-dealkylation sites (N-methyl/N-ethyl adjacent to an activating group) is 1. The maximum Gasteiger partial charge on any atom is 0.247 e. The van der Waals surface area contributed by atoms with Crippen molar-refractivity contribution in [3.63, 3.8) is 0 Å². The molecule has 1 aliphatic heterocycles. The average Bonchev–Trinajstić information content (AvgIpc) is 3.30. The summed E-state index contributed by atoms with van der Waals surface area (Å²) in [5.74, 6) is 0.958. The van der Waals surface area contributed by atoms with Gasteiger partial charge < -0.3 is 25.2 Å². The number of nitrogens with zero attached hydrogens (tertiary/aromatic N) is 6. The van der Waals surface area contributed by atoms with Crippen LogP contribution in [0.15, 0.2) is 61.6 Å². The highest BCUT2D eigenvalue weighted by atomic mass is 16.5. The minimum absolute atomic E-state index is 0.278. The lowest BCUT2D eigenvalue weighted by Crippen LogP contribution is -2.50. The van der Waals surface area contributed by atoms with E-state index in [0.717, 1.165) is 47.5 Å². The van der Waals surface area contributed by atoms with Gasteiger partial charge in [0.25, 0.3) is 0 Å². The molecular formula is C28H32N8O2.